The second-order valence-electron chi connectivity index (χ2n) is 5.08. The number of nitrogens with one attached hydrogen (secondary N) is 1. The predicted molar refractivity (Wildman–Crippen MR) is 74.8 cm³/mol. The third-order valence-corrected chi connectivity index (χ3v) is 3.00. The Morgan fingerprint density at radius 3 is 2.53 bits per heavy atom. The first-order chi connectivity index (χ1) is 9.16. The molecule has 3 heteroatoms. The monoisotopic (exact) mass is 257 g/mol. The summed E-state index contributed by atoms with van der Waals surface area (Å²) in [6.07, 6.45) is 3.88. The van der Waals surface area contributed by atoms with E-state index in [9.17, 15) is 4.79 Å². The van der Waals surface area contributed by atoms with Crippen LogP contribution in [0.3, 0.4) is 0 Å². The predicted octanol–water partition coefficient (Wildman–Crippen LogP) is 3.80. The van der Waals surface area contributed by atoms with Crippen LogP contribution in [0.2, 0.25) is 0 Å². The summed E-state index contributed by atoms with van der Waals surface area (Å²) in [6, 6.07) is 11.8. The van der Waals surface area contributed by atoms with Gasteiger partial charge in [-0.25, -0.2) is 0 Å². The molecule has 1 heterocycles. The van der Waals surface area contributed by atoms with Crippen LogP contribution < -0.4 is 5.32 Å². The fourth-order valence-electron chi connectivity index (χ4n) is 2.07. The maximum Gasteiger partial charge on any atom is 0.255 e. The summed E-state index contributed by atoms with van der Waals surface area (Å²) in [5.41, 5.74) is 1.69. The van der Waals surface area contributed by atoms with Gasteiger partial charge in [-0.1, -0.05) is 44.2 Å². The highest BCUT2D eigenvalue weighted by atomic mass is 16.3. The van der Waals surface area contributed by atoms with Crippen LogP contribution in [0.5, 0.6) is 0 Å². The fraction of sp³-hybridized carbons (Fsp3) is 0.312. The Bertz CT molecular complexity index is 503. The zero-order valence-electron chi connectivity index (χ0n) is 11.3. The van der Waals surface area contributed by atoms with E-state index >= 15 is 0 Å². The summed E-state index contributed by atoms with van der Waals surface area (Å²) in [5.74, 6) is 0.415. The molecule has 0 unspecified atom stereocenters. The highest BCUT2D eigenvalue weighted by Gasteiger charge is 2.17. The van der Waals surface area contributed by atoms with Crippen molar-refractivity contribution in [1.82, 2.24) is 5.32 Å². The van der Waals surface area contributed by atoms with Crippen LogP contribution in [0.4, 0.5) is 0 Å². The first-order valence-electron chi connectivity index (χ1n) is 6.55. The van der Waals surface area contributed by atoms with Gasteiger partial charge in [-0.05, 0) is 24.0 Å². The largest absolute Gasteiger partial charge is 0.472 e. The lowest BCUT2D eigenvalue weighted by Crippen LogP contribution is -2.29. The normalized spacial score (nSPS) is 12.4. The van der Waals surface area contributed by atoms with Crippen LogP contribution in [0.15, 0.2) is 53.3 Å². The van der Waals surface area contributed by atoms with Gasteiger partial charge in [0.2, 0.25) is 0 Å². The van der Waals surface area contributed by atoms with Gasteiger partial charge in [0.1, 0.15) is 6.26 Å². The average Bonchev–Trinajstić information content (AvgIpc) is 2.92. The summed E-state index contributed by atoms with van der Waals surface area (Å²) >= 11 is 0. The van der Waals surface area contributed by atoms with Crippen LogP contribution in [0, 0.1) is 5.92 Å². The van der Waals surface area contributed by atoms with Crippen LogP contribution in [-0.2, 0) is 0 Å². The molecule has 0 spiro atoms. The zero-order valence-corrected chi connectivity index (χ0v) is 11.3. The average molecular weight is 257 g/mol. The van der Waals surface area contributed by atoms with Gasteiger partial charge in [0.15, 0.2) is 0 Å². The fourth-order valence-corrected chi connectivity index (χ4v) is 2.07. The summed E-state index contributed by atoms with van der Waals surface area (Å²) in [4.78, 5) is 12.1. The van der Waals surface area contributed by atoms with Gasteiger partial charge in [0, 0.05) is 0 Å². The molecular weight excluding hydrogens is 238 g/mol. The van der Waals surface area contributed by atoms with Crippen molar-refractivity contribution in [3.8, 4) is 0 Å². The van der Waals surface area contributed by atoms with Crippen molar-refractivity contribution in [2.75, 3.05) is 0 Å². The zero-order chi connectivity index (χ0) is 13.7. The minimum Gasteiger partial charge on any atom is -0.472 e. The molecule has 0 radical (unpaired) electrons. The number of furan rings is 1. The molecule has 0 aliphatic carbocycles. The molecule has 19 heavy (non-hydrogen) atoms. The highest BCUT2D eigenvalue weighted by molar-refractivity contribution is 5.94. The van der Waals surface area contributed by atoms with E-state index in [1.807, 2.05) is 30.3 Å². The molecule has 2 rings (SSSR count). The Morgan fingerprint density at radius 1 is 1.21 bits per heavy atom. The maximum atomic E-state index is 12.1. The molecule has 1 aromatic heterocycles. The van der Waals surface area contributed by atoms with Crippen molar-refractivity contribution >= 4 is 5.91 Å². The van der Waals surface area contributed by atoms with E-state index < -0.39 is 0 Å². The summed E-state index contributed by atoms with van der Waals surface area (Å²) in [5, 5.41) is 3.07. The smallest absolute Gasteiger partial charge is 0.255 e. The third kappa shape index (κ3) is 3.71. The molecule has 1 N–H and O–H groups in total. The quantitative estimate of drug-likeness (QED) is 0.885. The van der Waals surface area contributed by atoms with Crippen molar-refractivity contribution in [2.24, 2.45) is 5.92 Å². The van der Waals surface area contributed by atoms with E-state index in [0.717, 1.165) is 12.0 Å². The summed E-state index contributed by atoms with van der Waals surface area (Å²) in [6.45, 7) is 4.31. The van der Waals surface area contributed by atoms with Gasteiger partial charge < -0.3 is 9.73 Å². The first-order valence-corrected chi connectivity index (χ1v) is 6.55. The molecule has 1 atom stereocenters. The number of carbonyl (C=O) groups excluding carboxylic acids is 1. The Morgan fingerprint density at radius 2 is 1.95 bits per heavy atom. The number of rotatable bonds is 5. The second-order valence-corrected chi connectivity index (χ2v) is 5.08. The van der Waals surface area contributed by atoms with Gasteiger partial charge >= 0.3 is 0 Å². The van der Waals surface area contributed by atoms with Gasteiger partial charge in [-0.2, -0.15) is 0 Å². The van der Waals surface area contributed by atoms with E-state index in [2.05, 4.69) is 19.2 Å². The van der Waals surface area contributed by atoms with Crippen LogP contribution in [0.1, 0.15) is 42.2 Å². The van der Waals surface area contributed by atoms with Crippen LogP contribution in [-0.4, -0.2) is 5.91 Å². The molecule has 100 valence electrons. The maximum absolute atomic E-state index is 12.1. The second kappa shape index (κ2) is 6.23. The lowest BCUT2D eigenvalue weighted by molar-refractivity contribution is 0.0931. The molecule has 0 fully saturated rings. The van der Waals surface area contributed by atoms with Crippen LogP contribution in [0.25, 0.3) is 0 Å². The van der Waals surface area contributed by atoms with E-state index in [4.69, 9.17) is 4.42 Å². The van der Waals surface area contributed by atoms with Crippen LogP contribution >= 0.6 is 0 Å². The first kappa shape index (κ1) is 13.4. The number of benzene rings is 1. The molecule has 2 aromatic rings. The molecular formula is C16H19NO2. The Kier molecular flexibility index (Phi) is 4.39. The van der Waals surface area contributed by atoms with Gasteiger partial charge in [-0.3, -0.25) is 4.79 Å². The van der Waals surface area contributed by atoms with Crippen molar-refractivity contribution in [3.63, 3.8) is 0 Å². The third-order valence-electron chi connectivity index (χ3n) is 3.00. The molecule has 1 aromatic carbocycles. The topological polar surface area (TPSA) is 42.2 Å². The lowest BCUT2D eigenvalue weighted by Gasteiger charge is -2.20. The van der Waals surface area contributed by atoms with E-state index in [0.29, 0.717) is 11.5 Å². The molecule has 0 bridgehead atoms. The molecule has 0 saturated carbocycles. The molecule has 0 aliphatic rings. The molecule has 1 amide bonds. The SMILES string of the molecule is CC(C)C[C@@H](NC(=O)c1ccoc1)c1ccccc1. The van der Waals surface area contributed by atoms with Gasteiger partial charge in [0.25, 0.3) is 5.91 Å². The highest BCUT2D eigenvalue weighted by Crippen LogP contribution is 2.21. The van der Waals surface area contributed by atoms with Crippen molar-refractivity contribution in [2.45, 2.75) is 26.3 Å². The van der Waals surface area contributed by atoms with Crippen molar-refractivity contribution in [1.29, 1.82) is 0 Å². The van der Waals surface area contributed by atoms with Crippen molar-refractivity contribution in [3.05, 3.63) is 60.1 Å². The van der Waals surface area contributed by atoms with Crippen molar-refractivity contribution < 1.29 is 9.21 Å². The standard InChI is InChI=1S/C16H19NO2/c1-12(2)10-15(13-6-4-3-5-7-13)17-16(18)14-8-9-19-11-14/h3-9,11-12,15H,10H2,1-2H3,(H,17,18)/t15-/m1/s1. The molecule has 0 aliphatic heterocycles. The van der Waals surface area contributed by atoms with Gasteiger partial charge in [-0.15, -0.1) is 0 Å². The number of hydrogen-bond acceptors (Lipinski definition) is 2. The summed E-state index contributed by atoms with van der Waals surface area (Å²) < 4.78 is 4.94. The number of amides is 1. The Labute approximate surface area is 113 Å². The lowest BCUT2D eigenvalue weighted by atomic mass is 9.97. The molecule has 0 saturated heterocycles. The summed E-state index contributed by atoms with van der Waals surface area (Å²) in [7, 11) is 0. The Hall–Kier alpha value is -2.03. The van der Waals surface area contributed by atoms with E-state index in [1.54, 1.807) is 6.07 Å². The minimum absolute atomic E-state index is 0.0311. The number of carbonyl (C=O) groups is 1. The minimum atomic E-state index is -0.0942. The molecule has 3 nitrogen and oxygen atoms in total. The van der Waals surface area contributed by atoms with Gasteiger partial charge in [0.05, 0.1) is 17.9 Å². The van der Waals surface area contributed by atoms with E-state index in [-0.39, 0.29) is 11.9 Å². The van der Waals surface area contributed by atoms with E-state index in [1.165, 1.54) is 12.5 Å². The number of hydrogen-bond donors (Lipinski definition) is 1. The Balaban J connectivity index is 2.13.